The Balaban J connectivity index is 1.87. The second-order valence-corrected chi connectivity index (χ2v) is 5.62. The van der Waals surface area contributed by atoms with Crippen molar-refractivity contribution < 1.29 is 14.6 Å². The summed E-state index contributed by atoms with van der Waals surface area (Å²) < 4.78 is 5.60. The SMILES string of the molecule is CC(C)Oc1cccc(C(O)CNC(=O)/C=C/c2cccnc2)c1. The molecule has 126 valence electrons. The van der Waals surface area contributed by atoms with Gasteiger partial charge in [-0.25, -0.2) is 0 Å². The van der Waals surface area contributed by atoms with E-state index in [1.165, 1.54) is 6.08 Å². The third-order valence-corrected chi connectivity index (χ3v) is 3.20. The van der Waals surface area contributed by atoms with Crippen molar-refractivity contribution in [2.24, 2.45) is 0 Å². The van der Waals surface area contributed by atoms with E-state index in [1.807, 2.05) is 32.0 Å². The molecule has 1 amide bonds. The minimum atomic E-state index is -0.795. The van der Waals surface area contributed by atoms with Crippen molar-refractivity contribution in [1.29, 1.82) is 0 Å². The molecule has 0 fully saturated rings. The summed E-state index contributed by atoms with van der Waals surface area (Å²) in [5.74, 6) is 0.428. The number of nitrogens with zero attached hydrogens (tertiary/aromatic N) is 1. The lowest BCUT2D eigenvalue weighted by Gasteiger charge is -2.14. The Labute approximate surface area is 142 Å². The van der Waals surface area contributed by atoms with Gasteiger partial charge in [-0.3, -0.25) is 9.78 Å². The highest BCUT2D eigenvalue weighted by Gasteiger charge is 2.10. The quantitative estimate of drug-likeness (QED) is 0.768. The predicted molar refractivity (Wildman–Crippen MR) is 93.4 cm³/mol. The van der Waals surface area contributed by atoms with Crippen molar-refractivity contribution in [1.82, 2.24) is 10.3 Å². The molecule has 1 aromatic heterocycles. The summed E-state index contributed by atoms with van der Waals surface area (Å²) in [5.41, 5.74) is 1.54. The maximum Gasteiger partial charge on any atom is 0.244 e. The van der Waals surface area contributed by atoms with Gasteiger partial charge in [0.15, 0.2) is 0 Å². The molecule has 2 aromatic rings. The molecular weight excluding hydrogens is 304 g/mol. The second kappa shape index (κ2) is 8.84. The van der Waals surface area contributed by atoms with Crippen LogP contribution in [-0.4, -0.2) is 28.6 Å². The Morgan fingerprint density at radius 3 is 2.88 bits per heavy atom. The number of hydrogen-bond acceptors (Lipinski definition) is 4. The first kappa shape index (κ1) is 17.7. The maximum absolute atomic E-state index is 11.8. The molecule has 2 N–H and O–H groups in total. The highest BCUT2D eigenvalue weighted by molar-refractivity contribution is 5.91. The van der Waals surface area contributed by atoms with Crippen molar-refractivity contribution in [3.8, 4) is 5.75 Å². The van der Waals surface area contributed by atoms with Gasteiger partial charge in [-0.1, -0.05) is 18.2 Å². The number of amides is 1. The van der Waals surface area contributed by atoms with Gasteiger partial charge in [-0.2, -0.15) is 0 Å². The first-order chi connectivity index (χ1) is 11.5. The van der Waals surface area contributed by atoms with Crippen LogP contribution in [0.15, 0.2) is 54.9 Å². The van der Waals surface area contributed by atoms with Crippen LogP contribution in [0.1, 0.15) is 31.1 Å². The van der Waals surface area contributed by atoms with Gasteiger partial charge in [-0.15, -0.1) is 0 Å². The minimum absolute atomic E-state index is 0.0645. The number of benzene rings is 1. The average Bonchev–Trinajstić information content (AvgIpc) is 2.58. The van der Waals surface area contributed by atoms with Crippen LogP contribution in [0.25, 0.3) is 6.08 Å². The largest absolute Gasteiger partial charge is 0.491 e. The van der Waals surface area contributed by atoms with E-state index in [1.54, 1.807) is 36.7 Å². The van der Waals surface area contributed by atoms with Gasteiger partial charge in [0.2, 0.25) is 5.91 Å². The monoisotopic (exact) mass is 326 g/mol. The van der Waals surface area contributed by atoms with Gasteiger partial charge >= 0.3 is 0 Å². The third kappa shape index (κ3) is 5.85. The van der Waals surface area contributed by atoms with Gasteiger partial charge in [0.1, 0.15) is 5.75 Å². The van der Waals surface area contributed by atoms with E-state index in [4.69, 9.17) is 4.74 Å². The molecule has 5 nitrogen and oxygen atoms in total. The van der Waals surface area contributed by atoms with E-state index in [9.17, 15) is 9.90 Å². The Bertz CT molecular complexity index is 684. The molecule has 2 rings (SSSR count). The zero-order valence-electron chi connectivity index (χ0n) is 13.8. The maximum atomic E-state index is 11.8. The number of pyridine rings is 1. The predicted octanol–water partition coefficient (Wildman–Crippen LogP) is 2.73. The zero-order chi connectivity index (χ0) is 17.4. The number of nitrogens with one attached hydrogen (secondary N) is 1. The van der Waals surface area contributed by atoms with Crippen LogP contribution < -0.4 is 10.1 Å². The van der Waals surface area contributed by atoms with E-state index in [0.29, 0.717) is 11.3 Å². The summed E-state index contributed by atoms with van der Waals surface area (Å²) in [5, 5.41) is 12.9. The highest BCUT2D eigenvalue weighted by Crippen LogP contribution is 2.19. The fourth-order valence-corrected chi connectivity index (χ4v) is 2.09. The Hall–Kier alpha value is -2.66. The molecule has 1 unspecified atom stereocenters. The lowest BCUT2D eigenvalue weighted by atomic mass is 10.1. The number of aliphatic hydroxyl groups excluding tert-OH is 1. The Morgan fingerprint density at radius 1 is 1.33 bits per heavy atom. The fraction of sp³-hybridized carbons (Fsp3) is 0.263. The number of carbonyl (C=O) groups excluding carboxylic acids is 1. The molecular formula is C19H22N2O3. The van der Waals surface area contributed by atoms with Crippen LogP contribution in [0.5, 0.6) is 5.75 Å². The first-order valence-electron chi connectivity index (χ1n) is 7.85. The van der Waals surface area contributed by atoms with Gasteiger partial charge in [0.25, 0.3) is 0 Å². The molecule has 0 radical (unpaired) electrons. The Morgan fingerprint density at radius 2 is 2.17 bits per heavy atom. The van der Waals surface area contributed by atoms with E-state index in [-0.39, 0.29) is 18.6 Å². The number of aromatic nitrogens is 1. The molecule has 0 aliphatic rings. The van der Waals surface area contributed by atoms with Crippen molar-refractivity contribution >= 4 is 12.0 Å². The van der Waals surface area contributed by atoms with Gasteiger partial charge in [0.05, 0.1) is 12.2 Å². The van der Waals surface area contributed by atoms with Crippen LogP contribution in [0.2, 0.25) is 0 Å². The summed E-state index contributed by atoms with van der Waals surface area (Å²) in [4.78, 5) is 15.8. The zero-order valence-corrected chi connectivity index (χ0v) is 13.8. The number of aliphatic hydroxyl groups is 1. The molecule has 0 spiro atoms. The van der Waals surface area contributed by atoms with Crippen LogP contribution in [-0.2, 0) is 4.79 Å². The van der Waals surface area contributed by atoms with Gasteiger partial charge in [0, 0.05) is 25.0 Å². The van der Waals surface area contributed by atoms with Crippen LogP contribution in [0.4, 0.5) is 0 Å². The van der Waals surface area contributed by atoms with E-state index < -0.39 is 6.10 Å². The van der Waals surface area contributed by atoms with Crippen LogP contribution >= 0.6 is 0 Å². The topological polar surface area (TPSA) is 71.5 Å². The first-order valence-corrected chi connectivity index (χ1v) is 7.85. The van der Waals surface area contributed by atoms with Crippen LogP contribution in [0.3, 0.4) is 0 Å². The molecule has 24 heavy (non-hydrogen) atoms. The third-order valence-electron chi connectivity index (χ3n) is 3.20. The van der Waals surface area contributed by atoms with E-state index in [0.717, 1.165) is 5.56 Å². The second-order valence-electron chi connectivity index (χ2n) is 5.62. The van der Waals surface area contributed by atoms with Crippen molar-refractivity contribution in [2.75, 3.05) is 6.54 Å². The number of rotatable bonds is 7. The molecule has 5 heteroatoms. The molecule has 1 heterocycles. The number of hydrogen-bond donors (Lipinski definition) is 2. The number of ether oxygens (including phenoxy) is 1. The highest BCUT2D eigenvalue weighted by atomic mass is 16.5. The Kier molecular flexibility index (Phi) is 6.51. The van der Waals surface area contributed by atoms with Gasteiger partial charge in [-0.05, 0) is 49.2 Å². The fourth-order valence-electron chi connectivity index (χ4n) is 2.09. The molecule has 1 aromatic carbocycles. The summed E-state index contributed by atoms with van der Waals surface area (Å²) in [6.07, 6.45) is 5.70. The lowest BCUT2D eigenvalue weighted by Crippen LogP contribution is -2.26. The van der Waals surface area contributed by atoms with Crippen LogP contribution in [0, 0.1) is 0 Å². The lowest BCUT2D eigenvalue weighted by molar-refractivity contribution is -0.116. The smallest absolute Gasteiger partial charge is 0.244 e. The van der Waals surface area contributed by atoms with Crippen molar-refractivity contribution in [3.63, 3.8) is 0 Å². The van der Waals surface area contributed by atoms with E-state index >= 15 is 0 Å². The molecule has 0 saturated carbocycles. The molecule has 0 aliphatic carbocycles. The van der Waals surface area contributed by atoms with Crippen molar-refractivity contribution in [2.45, 2.75) is 26.1 Å². The molecule has 0 saturated heterocycles. The molecule has 1 atom stereocenters. The van der Waals surface area contributed by atoms with Crippen molar-refractivity contribution in [3.05, 3.63) is 66.0 Å². The number of carbonyl (C=O) groups is 1. The summed E-state index contributed by atoms with van der Waals surface area (Å²) in [6.45, 7) is 4.01. The average molecular weight is 326 g/mol. The molecule has 0 aliphatic heterocycles. The standard InChI is InChI=1S/C19H22N2O3/c1-14(2)24-17-7-3-6-16(11-17)18(22)13-21-19(23)9-8-15-5-4-10-20-12-15/h3-12,14,18,22H,13H2,1-2H3,(H,21,23)/b9-8+. The summed E-state index contributed by atoms with van der Waals surface area (Å²) >= 11 is 0. The molecule has 0 bridgehead atoms. The van der Waals surface area contributed by atoms with E-state index in [2.05, 4.69) is 10.3 Å². The summed E-state index contributed by atoms with van der Waals surface area (Å²) in [7, 11) is 0. The minimum Gasteiger partial charge on any atom is -0.491 e. The van der Waals surface area contributed by atoms with Gasteiger partial charge < -0.3 is 15.2 Å². The summed E-state index contributed by atoms with van der Waals surface area (Å²) in [6, 6.07) is 10.9. The normalized spacial score (nSPS) is 12.3.